The number of amides is 1. The SMILES string of the molecule is CCOC(=O)C12C[C@H]1[C@H]2c1cc(Oc2ccnc(C(=O)NC)c2)ccc1O. The van der Waals surface area contributed by atoms with E-state index in [2.05, 4.69) is 10.3 Å². The molecule has 0 bridgehead atoms. The van der Waals surface area contributed by atoms with Crippen LogP contribution in [0.5, 0.6) is 17.2 Å². The summed E-state index contributed by atoms with van der Waals surface area (Å²) in [5.41, 5.74) is 0.478. The number of hydrogen-bond acceptors (Lipinski definition) is 6. The number of fused-ring (bicyclic) bond motifs is 1. The average Bonchev–Trinajstić information content (AvgIpc) is 3.54. The van der Waals surface area contributed by atoms with Crippen molar-refractivity contribution in [2.75, 3.05) is 13.7 Å². The Kier molecular flexibility index (Phi) is 4.02. The molecule has 1 unspecified atom stereocenters. The van der Waals surface area contributed by atoms with E-state index in [0.717, 1.165) is 6.42 Å². The van der Waals surface area contributed by atoms with Crippen molar-refractivity contribution in [1.82, 2.24) is 10.3 Å². The lowest BCUT2D eigenvalue weighted by Crippen LogP contribution is -2.18. The van der Waals surface area contributed by atoms with Gasteiger partial charge in [0.1, 0.15) is 22.9 Å². The number of carbonyl (C=O) groups excluding carboxylic acids is 2. The first-order chi connectivity index (χ1) is 13.0. The molecule has 0 aliphatic heterocycles. The topological polar surface area (TPSA) is 97.8 Å². The van der Waals surface area contributed by atoms with Crippen LogP contribution in [-0.2, 0) is 9.53 Å². The second-order valence-electron chi connectivity index (χ2n) is 6.83. The van der Waals surface area contributed by atoms with Gasteiger partial charge in [0.05, 0.1) is 12.0 Å². The fourth-order valence-electron chi connectivity index (χ4n) is 3.74. The molecule has 2 fully saturated rings. The summed E-state index contributed by atoms with van der Waals surface area (Å²) in [6.45, 7) is 2.14. The normalized spacial score (nSPS) is 24.5. The highest BCUT2D eigenvalue weighted by Crippen LogP contribution is 2.85. The van der Waals surface area contributed by atoms with E-state index >= 15 is 0 Å². The highest BCUT2D eigenvalue weighted by molar-refractivity contribution is 5.92. The van der Waals surface area contributed by atoms with Crippen molar-refractivity contribution < 1.29 is 24.2 Å². The van der Waals surface area contributed by atoms with Crippen LogP contribution in [0, 0.1) is 11.3 Å². The highest BCUT2D eigenvalue weighted by Gasteiger charge is 2.84. The van der Waals surface area contributed by atoms with E-state index < -0.39 is 5.41 Å². The molecule has 27 heavy (non-hydrogen) atoms. The number of nitrogens with one attached hydrogen (secondary N) is 1. The van der Waals surface area contributed by atoms with Crippen molar-refractivity contribution in [3.63, 3.8) is 0 Å². The minimum atomic E-state index is -0.463. The van der Waals surface area contributed by atoms with Gasteiger partial charge < -0.3 is 19.9 Å². The standard InChI is InChI=1S/C20H20N2O5/c1-3-26-19(25)20-10-14(20)17(20)13-8-11(4-5-16(13)23)27-12-6-7-22-15(9-12)18(24)21-2/h4-9,14,17,23H,3,10H2,1-2H3,(H,21,24)/t14-,17+,20?/m0/s1. The molecule has 2 saturated carbocycles. The van der Waals surface area contributed by atoms with Crippen LogP contribution in [-0.4, -0.2) is 35.6 Å². The zero-order chi connectivity index (χ0) is 19.2. The molecular formula is C20H20N2O5. The number of esters is 1. The van der Waals surface area contributed by atoms with Crippen LogP contribution >= 0.6 is 0 Å². The molecule has 7 heteroatoms. The van der Waals surface area contributed by atoms with Gasteiger partial charge in [-0.2, -0.15) is 0 Å². The summed E-state index contributed by atoms with van der Waals surface area (Å²) in [4.78, 5) is 27.9. The van der Waals surface area contributed by atoms with E-state index in [1.165, 1.54) is 13.2 Å². The van der Waals surface area contributed by atoms with Crippen molar-refractivity contribution in [3.05, 3.63) is 47.8 Å². The number of pyridine rings is 1. The Balaban J connectivity index is 1.55. The average molecular weight is 368 g/mol. The van der Waals surface area contributed by atoms with Gasteiger partial charge in [0.15, 0.2) is 0 Å². The van der Waals surface area contributed by atoms with Gasteiger partial charge in [-0.1, -0.05) is 0 Å². The molecule has 4 rings (SSSR count). The van der Waals surface area contributed by atoms with Crippen molar-refractivity contribution in [3.8, 4) is 17.2 Å². The number of rotatable bonds is 6. The third kappa shape index (κ3) is 2.79. The second-order valence-corrected chi connectivity index (χ2v) is 6.83. The van der Waals surface area contributed by atoms with Crippen molar-refractivity contribution in [2.45, 2.75) is 19.3 Å². The maximum absolute atomic E-state index is 12.2. The number of aromatic hydroxyl groups is 1. The molecule has 0 spiro atoms. The Morgan fingerprint density at radius 1 is 1.30 bits per heavy atom. The van der Waals surface area contributed by atoms with E-state index in [-0.39, 0.29) is 35.2 Å². The molecule has 3 atom stereocenters. The van der Waals surface area contributed by atoms with E-state index in [1.54, 1.807) is 37.3 Å². The van der Waals surface area contributed by atoms with E-state index in [4.69, 9.17) is 9.47 Å². The predicted octanol–water partition coefficient (Wildman–Crippen LogP) is 2.61. The number of aromatic nitrogens is 1. The molecule has 2 N–H and O–H groups in total. The summed E-state index contributed by atoms with van der Waals surface area (Å²) in [5, 5.41) is 12.8. The Bertz CT molecular complexity index is 928. The Morgan fingerprint density at radius 3 is 2.78 bits per heavy atom. The number of carbonyl (C=O) groups is 2. The predicted molar refractivity (Wildman–Crippen MR) is 95.7 cm³/mol. The van der Waals surface area contributed by atoms with Crippen LogP contribution in [0.2, 0.25) is 0 Å². The van der Waals surface area contributed by atoms with Crippen LogP contribution in [0.3, 0.4) is 0 Å². The molecule has 140 valence electrons. The molecule has 2 aliphatic rings. The van der Waals surface area contributed by atoms with E-state index in [9.17, 15) is 14.7 Å². The molecule has 0 radical (unpaired) electrons. The van der Waals surface area contributed by atoms with Crippen LogP contribution in [0.25, 0.3) is 0 Å². The fourth-order valence-corrected chi connectivity index (χ4v) is 3.74. The maximum atomic E-state index is 12.2. The quantitative estimate of drug-likeness (QED) is 0.761. The molecule has 0 saturated heterocycles. The van der Waals surface area contributed by atoms with Crippen LogP contribution in [0.1, 0.15) is 35.3 Å². The van der Waals surface area contributed by atoms with E-state index in [0.29, 0.717) is 23.7 Å². The minimum absolute atomic E-state index is 0.0287. The molecule has 1 heterocycles. The van der Waals surface area contributed by atoms with Crippen LogP contribution in [0.15, 0.2) is 36.5 Å². The van der Waals surface area contributed by atoms with Crippen LogP contribution < -0.4 is 10.1 Å². The van der Waals surface area contributed by atoms with Gasteiger partial charge in [0.2, 0.25) is 0 Å². The summed E-state index contributed by atoms with van der Waals surface area (Å²) in [6, 6.07) is 8.13. The summed E-state index contributed by atoms with van der Waals surface area (Å²) in [6.07, 6.45) is 2.30. The maximum Gasteiger partial charge on any atom is 0.313 e. The zero-order valence-corrected chi connectivity index (χ0v) is 15.1. The lowest BCUT2D eigenvalue weighted by Gasteiger charge is -2.14. The Hall–Kier alpha value is -3.09. The van der Waals surface area contributed by atoms with Gasteiger partial charge in [0, 0.05) is 30.8 Å². The number of nitrogens with zero attached hydrogens (tertiary/aromatic N) is 1. The molecule has 1 amide bonds. The zero-order valence-electron chi connectivity index (χ0n) is 15.1. The third-order valence-electron chi connectivity index (χ3n) is 5.32. The van der Waals surface area contributed by atoms with Gasteiger partial charge >= 0.3 is 5.97 Å². The second kappa shape index (κ2) is 6.26. The van der Waals surface area contributed by atoms with Gasteiger partial charge in [0.25, 0.3) is 5.91 Å². The van der Waals surface area contributed by atoms with Gasteiger partial charge in [-0.25, -0.2) is 0 Å². The van der Waals surface area contributed by atoms with Gasteiger partial charge in [-0.15, -0.1) is 0 Å². The fraction of sp³-hybridized carbons (Fsp3) is 0.350. The summed E-state index contributed by atoms with van der Waals surface area (Å²) in [5.74, 6) is 0.835. The van der Waals surface area contributed by atoms with Crippen molar-refractivity contribution in [2.24, 2.45) is 11.3 Å². The number of phenolic OH excluding ortho intramolecular Hbond substituents is 1. The van der Waals surface area contributed by atoms with Gasteiger partial charge in [-0.3, -0.25) is 14.6 Å². The summed E-state index contributed by atoms with van der Waals surface area (Å²) in [7, 11) is 1.53. The minimum Gasteiger partial charge on any atom is -0.508 e. The Morgan fingerprint density at radius 2 is 2.07 bits per heavy atom. The summed E-state index contributed by atoms with van der Waals surface area (Å²) < 4.78 is 11.0. The first-order valence-corrected chi connectivity index (χ1v) is 8.87. The number of ether oxygens (including phenoxy) is 2. The number of benzene rings is 1. The first kappa shape index (κ1) is 17.3. The summed E-state index contributed by atoms with van der Waals surface area (Å²) >= 11 is 0. The molecule has 1 aromatic carbocycles. The van der Waals surface area contributed by atoms with Crippen molar-refractivity contribution >= 4 is 11.9 Å². The van der Waals surface area contributed by atoms with Crippen LogP contribution in [0.4, 0.5) is 0 Å². The molecule has 2 aliphatic carbocycles. The van der Waals surface area contributed by atoms with E-state index in [1.807, 2.05) is 0 Å². The lowest BCUT2D eigenvalue weighted by molar-refractivity contribution is -0.147. The molecule has 7 nitrogen and oxygen atoms in total. The van der Waals surface area contributed by atoms with Crippen molar-refractivity contribution in [1.29, 1.82) is 0 Å². The third-order valence-corrected chi connectivity index (χ3v) is 5.32. The van der Waals surface area contributed by atoms with Gasteiger partial charge in [-0.05, 0) is 43.5 Å². The highest BCUT2D eigenvalue weighted by atomic mass is 16.5. The number of hydrogen-bond donors (Lipinski definition) is 2. The monoisotopic (exact) mass is 368 g/mol. The molecule has 1 aromatic heterocycles. The Labute approximate surface area is 156 Å². The molecule has 2 aromatic rings. The largest absolute Gasteiger partial charge is 0.508 e. The molecular weight excluding hydrogens is 348 g/mol. The first-order valence-electron chi connectivity index (χ1n) is 8.87. The number of phenols is 1. The lowest BCUT2D eigenvalue weighted by atomic mass is 9.96. The smallest absolute Gasteiger partial charge is 0.313 e.